The highest BCUT2D eigenvalue weighted by molar-refractivity contribution is 7.15. The van der Waals surface area contributed by atoms with E-state index in [0.29, 0.717) is 6.79 Å². The summed E-state index contributed by atoms with van der Waals surface area (Å²) in [5.74, 6) is 1.64. The molecule has 4 nitrogen and oxygen atoms in total. The Labute approximate surface area is 138 Å². The first-order chi connectivity index (χ1) is 11.4. The van der Waals surface area contributed by atoms with Crippen molar-refractivity contribution in [2.24, 2.45) is 0 Å². The minimum absolute atomic E-state index is 0.313. The molecule has 2 heterocycles. The van der Waals surface area contributed by atoms with Crippen LogP contribution in [0.1, 0.15) is 10.6 Å². The molecule has 0 unspecified atom stereocenters. The van der Waals surface area contributed by atoms with Gasteiger partial charge in [-0.1, -0.05) is 36.4 Å². The molecule has 3 aromatic rings. The van der Waals surface area contributed by atoms with Crippen molar-refractivity contribution in [2.45, 2.75) is 13.1 Å². The van der Waals surface area contributed by atoms with E-state index in [1.54, 1.807) is 11.3 Å². The second kappa shape index (κ2) is 6.40. The van der Waals surface area contributed by atoms with Gasteiger partial charge < -0.3 is 14.8 Å². The molecule has 0 atom stereocenters. The van der Waals surface area contributed by atoms with Gasteiger partial charge in [-0.25, -0.2) is 4.98 Å². The third-order valence-corrected chi connectivity index (χ3v) is 4.70. The average molecular weight is 324 g/mol. The summed E-state index contributed by atoms with van der Waals surface area (Å²) in [6.45, 7) is 1.84. The lowest BCUT2D eigenvalue weighted by Crippen LogP contribution is -2.12. The lowest BCUT2D eigenvalue weighted by atomic mass is 10.2. The Morgan fingerprint density at radius 1 is 1.00 bits per heavy atom. The van der Waals surface area contributed by atoms with Crippen LogP contribution in [-0.4, -0.2) is 11.8 Å². The molecule has 1 N–H and O–H groups in total. The Kier molecular flexibility index (Phi) is 3.96. The van der Waals surface area contributed by atoms with Crippen LogP contribution in [0.15, 0.2) is 54.7 Å². The number of rotatable bonds is 5. The number of nitrogens with zero attached hydrogens (tertiary/aromatic N) is 1. The highest BCUT2D eigenvalue weighted by Crippen LogP contribution is 2.32. The van der Waals surface area contributed by atoms with E-state index in [1.807, 2.05) is 36.5 Å². The van der Waals surface area contributed by atoms with Crippen LogP contribution in [0.4, 0.5) is 0 Å². The van der Waals surface area contributed by atoms with Crippen molar-refractivity contribution in [2.75, 3.05) is 6.79 Å². The molecule has 2 aromatic carbocycles. The van der Waals surface area contributed by atoms with Crippen molar-refractivity contribution in [1.82, 2.24) is 10.3 Å². The van der Waals surface area contributed by atoms with Crippen molar-refractivity contribution >= 4 is 11.3 Å². The van der Waals surface area contributed by atoms with E-state index in [2.05, 4.69) is 28.5 Å². The lowest BCUT2D eigenvalue weighted by Gasteiger charge is -2.04. The van der Waals surface area contributed by atoms with Gasteiger partial charge in [0, 0.05) is 19.3 Å². The van der Waals surface area contributed by atoms with Gasteiger partial charge in [0.2, 0.25) is 6.79 Å². The Morgan fingerprint density at radius 2 is 1.87 bits per heavy atom. The molecule has 1 aliphatic heterocycles. The lowest BCUT2D eigenvalue weighted by molar-refractivity contribution is 0.174. The predicted molar refractivity (Wildman–Crippen MR) is 90.7 cm³/mol. The SMILES string of the molecule is c1ccc(-c2cnc(CNCc3ccc4c(c3)OCO4)s2)cc1. The van der Waals surface area contributed by atoms with E-state index in [-0.39, 0.29) is 0 Å². The topological polar surface area (TPSA) is 43.4 Å². The molecule has 0 bridgehead atoms. The van der Waals surface area contributed by atoms with Gasteiger partial charge in [0.25, 0.3) is 0 Å². The maximum Gasteiger partial charge on any atom is 0.231 e. The first kappa shape index (κ1) is 14.2. The van der Waals surface area contributed by atoms with Crippen LogP contribution in [0, 0.1) is 0 Å². The number of thiazole rings is 1. The minimum Gasteiger partial charge on any atom is -0.454 e. The van der Waals surface area contributed by atoms with Crippen LogP contribution in [0.3, 0.4) is 0 Å². The normalized spacial score (nSPS) is 12.5. The number of hydrogen-bond acceptors (Lipinski definition) is 5. The summed E-state index contributed by atoms with van der Waals surface area (Å²) in [7, 11) is 0. The molecule has 0 fully saturated rings. The van der Waals surface area contributed by atoms with Gasteiger partial charge >= 0.3 is 0 Å². The van der Waals surface area contributed by atoms with Gasteiger partial charge in [0.05, 0.1) is 4.88 Å². The first-order valence-electron chi connectivity index (χ1n) is 7.48. The molecule has 116 valence electrons. The molecule has 0 saturated carbocycles. The average Bonchev–Trinajstić information content (AvgIpc) is 3.24. The van der Waals surface area contributed by atoms with Crippen molar-refractivity contribution in [1.29, 1.82) is 0 Å². The fourth-order valence-corrected chi connectivity index (χ4v) is 3.39. The van der Waals surface area contributed by atoms with Gasteiger partial charge in [-0.05, 0) is 23.3 Å². The van der Waals surface area contributed by atoms with Gasteiger partial charge in [0.1, 0.15) is 5.01 Å². The Balaban J connectivity index is 1.36. The van der Waals surface area contributed by atoms with E-state index in [1.165, 1.54) is 16.0 Å². The van der Waals surface area contributed by atoms with E-state index in [0.717, 1.165) is 29.6 Å². The number of fused-ring (bicyclic) bond motifs is 1. The van der Waals surface area contributed by atoms with Crippen LogP contribution < -0.4 is 14.8 Å². The fourth-order valence-electron chi connectivity index (χ4n) is 2.49. The van der Waals surface area contributed by atoms with E-state index < -0.39 is 0 Å². The van der Waals surface area contributed by atoms with Gasteiger partial charge in [-0.3, -0.25) is 0 Å². The molecule has 0 amide bonds. The number of hydrogen-bond donors (Lipinski definition) is 1. The highest BCUT2D eigenvalue weighted by atomic mass is 32.1. The minimum atomic E-state index is 0.313. The van der Waals surface area contributed by atoms with Gasteiger partial charge in [0.15, 0.2) is 11.5 Å². The van der Waals surface area contributed by atoms with E-state index in [4.69, 9.17) is 9.47 Å². The quantitative estimate of drug-likeness (QED) is 0.774. The van der Waals surface area contributed by atoms with Crippen molar-refractivity contribution in [3.05, 3.63) is 65.3 Å². The van der Waals surface area contributed by atoms with Crippen LogP contribution >= 0.6 is 11.3 Å². The Morgan fingerprint density at radius 3 is 2.78 bits per heavy atom. The maximum absolute atomic E-state index is 5.40. The van der Waals surface area contributed by atoms with Crippen molar-refractivity contribution in [3.8, 4) is 21.9 Å². The molecule has 0 radical (unpaired) electrons. The maximum atomic E-state index is 5.40. The van der Waals surface area contributed by atoms with E-state index >= 15 is 0 Å². The van der Waals surface area contributed by atoms with Gasteiger partial charge in [-0.15, -0.1) is 11.3 Å². The monoisotopic (exact) mass is 324 g/mol. The molecule has 1 aromatic heterocycles. The first-order valence-corrected chi connectivity index (χ1v) is 8.29. The molecular formula is C18H16N2O2S. The largest absolute Gasteiger partial charge is 0.454 e. The summed E-state index contributed by atoms with van der Waals surface area (Å²) in [6, 6.07) is 16.4. The molecule has 5 heteroatoms. The van der Waals surface area contributed by atoms with E-state index in [9.17, 15) is 0 Å². The molecule has 0 aliphatic carbocycles. The summed E-state index contributed by atoms with van der Waals surface area (Å²) in [6.07, 6.45) is 1.94. The third-order valence-electron chi connectivity index (χ3n) is 3.65. The molecule has 4 rings (SSSR count). The number of benzene rings is 2. The molecule has 23 heavy (non-hydrogen) atoms. The molecule has 0 spiro atoms. The zero-order valence-electron chi connectivity index (χ0n) is 12.5. The molecular weight excluding hydrogens is 308 g/mol. The molecule has 0 saturated heterocycles. The number of aromatic nitrogens is 1. The number of nitrogens with one attached hydrogen (secondary N) is 1. The fraction of sp³-hybridized carbons (Fsp3) is 0.167. The summed E-state index contributed by atoms with van der Waals surface area (Å²) in [4.78, 5) is 5.69. The molecule has 1 aliphatic rings. The summed E-state index contributed by atoms with van der Waals surface area (Å²) in [5, 5.41) is 4.51. The zero-order chi connectivity index (χ0) is 15.5. The third kappa shape index (κ3) is 3.21. The van der Waals surface area contributed by atoms with Crippen molar-refractivity contribution in [3.63, 3.8) is 0 Å². The summed E-state index contributed by atoms with van der Waals surface area (Å²) in [5.41, 5.74) is 2.39. The van der Waals surface area contributed by atoms with Crippen LogP contribution in [-0.2, 0) is 13.1 Å². The number of ether oxygens (including phenoxy) is 2. The standard InChI is InChI=1S/C18H16N2O2S/c1-2-4-14(5-3-1)17-10-20-18(23-17)11-19-9-13-6-7-15-16(8-13)22-12-21-15/h1-8,10,19H,9,11-12H2. The van der Waals surface area contributed by atoms with Crippen LogP contribution in [0.5, 0.6) is 11.5 Å². The second-order valence-electron chi connectivity index (χ2n) is 5.28. The summed E-state index contributed by atoms with van der Waals surface area (Å²) < 4.78 is 10.7. The van der Waals surface area contributed by atoms with Crippen molar-refractivity contribution < 1.29 is 9.47 Å². The second-order valence-corrected chi connectivity index (χ2v) is 6.39. The van der Waals surface area contributed by atoms with Crippen LogP contribution in [0.2, 0.25) is 0 Å². The smallest absolute Gasteiger partial charge is 0.231 e. The summed E-state index contributed by atoms with van der Waals surface area (Å²) >= 11 is 1.72. The highest BCUT2D eigenvalue weighted by Gasteiger charge is 2.13. The predicted octanol–water partition coefficient (Wildman–Crippen LogP) is 3.83. The Hall–Kier alpha value is -2.37. The van der Waals surface area contributed by atoms with Crippen LogP contribution in [0.25, 0.3) is 10.4 Å². The zero-order valence-corrected chi connectivity index (χ0v) is 13.3. The van der Waals surface area contributed by atoms with Gasteiger partial charge in [-0.2, -0.15) is 0 Å². The Bertz CT molecular complexity index is 802.